The second kappa shape index (κ2) is 10.2. The Morgan fingerprint density at radius 2 is 1.85 bits per heavy atom. The van der Waals surface area contributed by atoms with Crippen LogP contribution in [-0.4, -0.2) is 57.9 Å². The number of aliphatic carboxylic acids is 1. The van der Waals surface area contributed by atoms with Gasteiger partial charge in [0, 0.05) is 6.54 Å². The van der Waals surface area contributed by atoms with E-state index in [9.17, 15) is 14.4 Å². The van der Waals surface area contributed by atoms with Gasteiger partial charge in [-0.25, -0.2) is 14.6 Å². The fourth-order valence-electron chi connectivity index (χ4n) is 2.92. The Bertz CT molecular complexity index is 1140. The number of hydrogen-bond acceptors (Lipinski definition) is 7. The predicted octanol–water partition coefficient (Wildman–Crippen LogP) is 3.87. The van der Waals surface area contributed by atoms with Crippen molar-refractivity contribution in [1.82, 2.24) is 4.90 Å². The number of carbonyl (C=O) groups is 3. The molecule has 1 amide bonds. The van der Waals surface area contributed by atoms with Gasteiger partial charge in [-0.15, -0.1) is 0 Å². The molecule has 0 spiro atoms. The van der Waals surface area contributed by atoms with Crippen LogP contribution in [0.5, 0.6) is 11.5 Å². The van der Waals surface area contributed by atoms with E-state index in [4.69, 9.17) is 19.7 Å². The van der Waals surface area contributed by atoms with Crippen LogP contribution in [0.3, 0.4) is 0 Å². The number of aliphatic imine (C=N–C) groups is 1. The van der Waals surface area contributed by atoms with Gasteiger partial charge in [-0.1, -0.05) is 6.07 Å². The Kier molecular flexibility index (Phi) is 7.39. The fourth-order valence-corrected chi connectivity index (χ4v) is 3.99. The van der Waals surface area contributed by atoms with Crippen LogP contribution in [0.4, 0.5) is 5.69 Å². The zero-order valence-electron chi connectivity index (χ0n) is 18.1. The quantitative estimate of drug-likeness (QED) is 0.557. The van der Waals surface area contributed by atoms with Crippen LogP contribution in [0.25, 0.3) is 6.08 Å². The topological polar surface area (TPSA) is 126 Å². The zero-order chi connectivity index (χ0) is 24.1. The first kappa shape index (κ1) is 23.9. The van der Waals surface area contributed by atoms with E-state index in [0.717, 1.165) is 0 Å². The monoisotopic (exact) mass is 470 g/mol. The summed E-state index contributed by atoms with van der Waals surface area (Å²) < 4.78 is 10.7. The lowest BCUT2D eigenvalue weighted by Crippen LogP contribution is -2.28. The summed E-state index contributed by atoms with van der Waals surface area (Å²) in [5.41, 5.74) is 1.35. The minimum Gasteiger partial charge on any atom is -0.493 e. The molecule has 1 aliphatic rings. The van der Waals surface area contributed by atoms with Crippen molar-refractivity contribution in [3.8, 4) is 11.5 Å². The smallest absolute Gasteiger partial charge is 0.344 e. The van der Waals surface area contributed by atoms with Crippen LogP contribution >= 0.6 is 11.8 Å². The zero-order valence-corrected chi connectivity index (χ0v) is 19.0. The van der Waals surface area contributed by atoms with Gasteiger partial charge in [-0.3, -0.25) is 9.69 Å². The van der Waals surface area contributed by atoms with E-state index < -0.39 is 18.0 Å². The summed E-state index contributed by atoms with van der Waals surface area (Å²) in [5.74, 6) is -1.71. The van der Waals surface area contributed by atoms with Gasteiger partial charge in [-0.05, 0) is 73.6 Å². The molecule has 0 aliphatic carbocycles. The molecule has 0 bridgehead atoms. The number of benzene rings is 2. The van der Waals surface area contributed by atoms with Crippen molar-refractivity contribution in [2.75, 3.05) is 13.7 Å². The van der Waals surface area contributed by atoms with E-state index in [-0.39, 0.29) is 17.2 Å². The highest BCUT2D eigenvalue weighted by Crippen LogP contribution is 2.36. The highest BCUT2D eigenvalue weighted by molar-refractivity contribution is 8.18. The van der Waals surface area contributed by atoms with Crippen molar-refractivity contribution in [2.45, 2.75) is 20.0 Å². The van der Waals surface area contributed by atoms with Crippen molar-refractivity contribution in [2.24, 2.45) is 4.99 Å². The summed E-state index contributed by atoms with van der Waals surface area (Å²) in [7, 11) is 1.44. The minimum atomic E-state index is -1.10. The summed E-state index contributed by atoms with van der Waals surface area (Å²) in [4.78, 5) is 41.4. The van der Waals surface area contributed by atoms with Crippen molar-refractivity contribution in [3.05, 3.63) is 58.5 Å². The number of thioether (sulfide) groups is 1. The number of ether oxygens (including phenoxy) is 2. The second-order valence-electron chi connectivity index (χ2n) is 6.92. The number of hydrogen-bond donors (Lipinski definition) is 2. The fraction of sp³-hybridized carbons (Fsp3) is 0.217. The molecule has 172 valence electrons. The summed E-state index contributed by atoms with van der Waals surface area (Å²) >= 11 is 1.21. The summed E-state index contributed by atoms with van der Waals surface area (Å²) in [6, 6.07) is 11.0. The van der Waals surface area contributed by atoms with Crippen LogP contribution in [0.2, 0.25) is 0 Å². The number of likely N-dealkylation sites (N-methyl/N-ethyl adjacent to an activating group) is 1. The molecule has 2 aromatic carbocycles. The third-order valence-electron chi connectivity index (χ3n) is 4.68. The van der Waals surface area contributed by atoms with E-state index in [0.29, 0.717) is 33.6 Å². The van der Waals surface area contributed by atoms with Crippen LogP contribution in [0, 0.1) is 0 Å². The van der Waals surface area contributed by atoms with E-state index >= 15 is 0 Å². The number of aromatic carboxylic acids is 1. The second-order valence-corrected chi connectivity index (χ2v) is 7.92. The molecule has 1 atom stereocenters. The van der Waals surface area contributed by atoms with Crippen molar-refractivity contribution >= 4 is 46.5 Å². The number of nitrogens with zero attached hydrogens (tertiary/aromatic N) is 2. The average Bonchev–Trinajstić information content (AvgIpc) is 3.08. The Labute approximate surface area is 194 Å². The van der Waals surface area contributed by atoms with E-state index in [1.54, 1.807) is 36.4 Å². The first-order chi connectivity index (χ1) is 15.7. The van der Waals surface area contributed by atoms with Crippen LogP contribution in [-0.2, 0) is 9.59 Å². The molecule has 1 saturated heterocycles. The van der Waals surface area contributed by atoms with E-state index in [1.165, 1.54) is 42.8 Å². The number of amidine groups is 1. The van der Waals surface area contributed by atoms with Crippen molar-refractivity contribution in [3.63, 3.8) is 0 Å². The number of rotatable bonds is 8. The van der Waals surface area contributed by atoms with Gasteiger partial charge in [0.2, 0.25) is 0 Å². The number of carbonyl (C=O) groups excluding carboxylic acids is 1. The lowest BCUT2D eigenvalue weighted by Gasteiger charge is -2.14. The normalized spacial score (nSPS) is 16.8. The third-order valence-corrected chi connectivity index (χ3v) is 5.69. The molecule has 2 aromatic rings. The molecular formula is C23H22N2O7S. The third kappa shape index (κ3) is 5.53. The number of carboxylic acids is 2. The maximum atomic E-state index is 12.9. The Morgan fingerprint density at radius 3 is 2.42 bits per heavy atom. The maximum absolute atomic E-state index is 12.9. The summed E-state index contributed by atoms with van der Waals surface area (Å²) in [6.07, 6.45) is 0.648. The molecule has 0 unspecified atom stereocenters. The minimum absolute atomic E-state index is 0.154. The highest BCUT2D eigenvalue weighted by atomic mass is 32.2. The van der Waals surface area contributed by atoms with Crippen molar-refractivity contribution < 1.29 is 34.1 Å². The lowest BCUT2D eigenvalue weighted by atomic mass is 10.2. The highest BCUT2D eigenvalue weighted by Gasteiger charge is 2.32. The Hall–Kier alpha value is -3.79. The van der Waals surface area contributed by atoms with Gasteiger partial charge >= 0.3 is 11.9 Å². The number of carboxylic acid groups (broad SMARTS) is 2. The summed E-state index contributed by atoms with van der Waals surface area (Å²) in [5, 5.41) is 18.6. The molecule has 1 fully saturated rings. The molecule has 2 N–H and O–H groups in total. The van der Waals surface area contributed by atoms with Crippen LogP contribution < -0.4 is 9.47 Å². The predicted molar refractivity (Wildman–Crippen MR) is 124 cm³/mol. The van der Waals surface area contributed by atoms with Gasteiger partial charge in [0.05, 0.1) is 23.3 Å². The molecule has 0 radical (unpaired) electrons. The van der Waals surface area contributed by atoms with Gasteiger partial charge in [-0.2, -0.15) is 0 Å². The number of methoxy groups -OCH3 is 1. The first-order valence-electron chi connectivity index (χ1n) is 9.94. The molecule has 0 saturated carbocycles. The SMILES string of the molecule is CCN1C(=O)/C(=C/c2ccc(O[C@H](C)C(=O)O)c(OC)c2)SC1=Nc1ccc(C(=O)O)cc1. The molecule has 1 aliphatic heterocycles. The van der Waals surface area contributed by atoms with Crippen LogP contribution in [0.1, 0.15) is 29.8 Å². The summed E-state index contributed by atoms with van der Waals surface area (Å²) in [6.45, 7) is 3.67. The van der Waals surface area contributed by atoms with Crippen LogP contribution in [0.15, 0.2) is 52.4 Å². The lowest BCUT2D eigenvalue weighted by molar-refractivity contribution is -0.144. The Morgan fingerprint density at radius 1 is 1.15 bits per heavy atom. The van der Waals surface area contributed by atoms with Gasteiger partial charge in [0.25, 0.3) is 5.91 Å². The van der Waals surface area contributed by atoms with Gasteiger partial charge < -0.3 is 19.7 Å². The standard InChI is InChI=1S/C23H22N2O7S/c1-4-25-20(26)19(33-23(25)24-16-8-6-15(7-9-16)22(29)30)12-14-5-10-17(18(11-14)31-3)32-13(2)21(27)28/h5-13H,4H2,1-3H3,(H,27,28)(H,29,30)/b19-12-,24-23?/t13-/m1/s1. The molecule has 3 rings (SSSR count). The van der Waals surface area contributed by atoms with Gasteiger partial charge in [0.1, 0.15) is 0 Å². The molecule has 0 aromatic heterocycles. The van der Waals surface area contributed by atoms with E-state index in [2.05, 4.69) is 4.99 Å². The average molecular weight is 471 g/mol. The van der Waals surface area contributed by atoms with Crippen molar-refractivity contribution in [1.29, 1.82) is 0 Å². The number of amides is 1. The van der Waals surface area contributed by atoms with E-state index in [1.807, 2.05) is 6.92 Å². The molecule has 10 heteroatoms. The Balaban J connectivity index is 1.87. The molecule has 33 heavy (non-hydrogen) atoms. The molecule has 9 nitrogen and oxygen atoms in total. The largest absolute Gasteiger partial charge is 0.493 e. The molecule has 1 heterocycles. The van der Waals surface area contributed by atoms with Gasteiger partial charge in [0.15, 0.2) is 22.8 Å². The molecular weight excluding hydrogens is 448 g/mol. The first-order valence-corrected chi connectivity index (χ1v) is 10.8. The maximum Gasteiger partial charge on any atom is 0.344 e.